The molecular formula is C23H29N3O3. The fourth-order valence-electron chi connectivity index (χ4n) is 3.72. The Bertz CT molecular complexity index is 871. The van der Waals surface area contributed by atoms with E-state index in [-0.39, 0.29) is 11.8 Å². The maximum absolute atomic E-state index is 12.7. The fourth-order valence-corrected chi connectivity index (χ4v) is 3.72. The number of carbonyl (C=O) groups excluding carboxylic acids is 2. The van der Waals surface area contributed by atoms with Crippen LogP contribution in [0.5, 0.6) is 5.75 Å². The summed E-state index contributed by atoms with van der Waals surface area (Å²) in [6, 6.07) is 14.5. The van der Waals surface area contributed by atoms with Gasteiger partial charge in [0.15, 0.2) is 6.10 Å². The van der Waals surface area contributed by atoms with E-state index in [1.807, 2.05) is 31.2 Å². The number of hydrogen-bond donors (Lipinski definition) is 3. The standard InChI is InChI=1S/C23H29N3O3/c1-15(2)13-23(3,14-24)26-21(27)17-8-6-9-18(11-17)25-22(28)20-12-16-7-4-5-10-19(16)29-20/h4-11,15,20H,12-14,24H2,1-3H3,(H,25,28)(H,26,27). The summed E-state index contributed by atoms with van der Waals surface area (Å²) in [7, 11) is 0. The third-order valence-corrected chi connectivity index (χ3v) is 5.06. The maximum atomic E-state index is 12.7. The van der Waals surface area contributed by atoms with Gasteiger partial charge in [-0.1, -0.05) is 38.1 Å². The van der Waals surface area contributed by atoms with Crippen LogP contribution in [0.4, 0.5) is 5.69 Å². The first-order valence-corrected chi connectivity index (χ1v) is 9.98. The Morgan fingerprint density at radius 3 is 2.66 bits per heavy atom. The van der Waals surface area contributed by atoms with Gasteiger partial charge >= 0.3 is 0 Å². The van der Waals surface area contributed by atoms with Crippen molar-refractivity contribution in [2.24, 2.45) is 11.7 Å². The molecule has 0 bridgehead atoms. The summed E-state index contributed by atoms with van der Waals surface area (Å²) in [5, 5.41) is 5.89. The molecule has 154 valence electrons. The molecule has 0 saturated carbocycles. The molecular weight excluding hydrogens is 366 g/mol. The van der Waals surface area contributed by atoms with Crippen LogP contribution in [0, 0.1) is 5.92 Å². The molecule has 2 aromatic carbocycles. The number of amides is 2. The van der Waals surface area contributed by atoms with Crippen LogP contribution >= 0.6 is 0 Å². The number of nitrogens with one attached hydrogen (secondary N) is 2. The highest BCUT2D eigenvalue weighted by atomic mass is 16.5. The highest BCUT2D eigenvalue weighted by Crippen LogP contribution is 2.28. The highest BCUT2D eigenvalue weighted by molar-refractivity contribution is 5.99. The molecule has 1 aliphatic heterocycles. The Morgan fingerprint density at radius 1 is 1.21 bits per heavy atom. The summed E-state index contributed by atoms with van der Waals surface area (Å²) < 4.78 is 5.73. The normalized spacial score (nSPS) is 17.2. The van der Waals surface area contributed by atoms with Crippen LogP contribution in [-0.4, -0.2) is 30.0 Å². The lowest BCUT2D eigenvalue weighted by Gasteiger charge is -2.31. The number of benzene rings is 2. The Balaban J connectivity index is 1.65. The van der Waals surface area contributed by atoms with Crippen molar-refractivity contribution in [3.05, 3.63) is 59.7 Å². The predicted octanol–water partition coefficient (Wildman–Crippen LogP) is 3.12. The van der Waals surface area contributed by atoms with Gasteiger partial charge in [0.05, 0.1) is 0 Å². The molecule has 0 radical (unpaired) electrons. The van der Waals surface area contributed by atoms with Gasteiger partial charge in [0.25, 0.3) is 11.8 Å². The third kappa shape index (κ3) is 5.15. The zero-order chi connectivity index (χ0) is 21.0. The number of carbonyl (C=O) groups is 2. The molecule has 1 heterocycles. The molecule has 2 amide bonds. The maximum Gasteiger partial charge on any atom is 0.265 e. The molecule has 0 aliphatic carbocycles. The van der Waals surface area contributed by atoms with Crippen LogP contribution in [0.15, 0.2) is 48.5 Å². The number of fused-ring (bicyclic) bond motifs is 1. The summed E-state index contributed by atoms with van der Waals surface area (Å²) in [6.45, 7) is 6.50. The van der Waals surface area contributed by atoms with E-state index in [1.165, 1.54) is 0 Å². The van der Waals surface area contributed by atoms with Gasteiger partial charge in [-0.05, 0) is 49.1 Å². The van der Waals surface area contributed by atoms with Crippen molar-refractivity contribution >= 4 is 17.5 Å². The molecule has 2 unspecified atom stereocenters. The van der Waals surface area contributed by atoms with Crippen molar-refractivity contribution in [1.82, 2.24) is 5.32 Å². The molecule has 0 aromatic heterocycles. The van der Waals surface area contributed by atoms with E-state index in [0.717, 1.165) is 17.7 Å². The number of para-hydroxylation sites is 1. The van der Waals surface area contributed by atoms with Gasteiger partial charge < -0.3 is 21.1 Å². The van der Waals surface area contributed by atoms with Gasteiger partial charge in [-0.25, -0.2) is 0 Å². The molecule has 0 fully saturated rings. The van der Waals surface area contributed by atoms with Gasteiger partial charge in [0, 0.05) is 29.8 Å². The first-order chi connectivity index (χ1) is 13.8. The van der Waals surface area contributed by atoms with Crippen molar-refractivity contribution in [1.29, 1.82) is 0 Å². The molecule has 6 heteroatoms. The number of hydrogen-bond acceptors (Lipinski definition) is 4. The highest BCUT2D eigenvalue weighted by Gasteiger charge is 2.29. The van der Waals surface area contributed by atoms with Crippen LogP contribution in [-0.2, 0) is 11.2 Å². The smallest absolute Gasteiger partial charge is 0.265 e. The second kappa shape index (κ2) is 8.66. The van der Waals surface area contributed by atoms with Crippen molar-refractivity contribution in [2.75, 3.05) is 11.9 Å². The van der Waals surface area contributed by atoms with Crippen molar-refractivity contribution in [3.63, 3.8) is 0 Å². The Labute approximate surface area is 171 Å². The zero-order valence-electron chi connectivity index (χ0n) is 17.2. The second-order valence-corrected chi connectivity index (χ2v) is 8.31. The van der Waals surface area contributed by atoms with Crippen LogP contribution in [0.1, 0.15) is 43.1 Å². The minimum absolute atomic E-state index is 0.209. The van der Waals surface area contributed by atoms with Crippen LogP contribution in [0.25, 0.3) is 0 Å². The van der Waals surface area contributed by atoms with Gasteiger partial charge in [0.1, 0.15) is 5.75 Å². The summed E-state index contributed by atoms with van der Waals surface area (Å²) in [6.07, 6.45) is 0.744. The Morgan fingerprint density at radius 2 is 1.97 bits per heavy atom. The minimum atomic E-state index is -0.573. The molecule has 4 N–H and O–H groups in total. The first kappa shape index (κ1) is 20.9. The molecule has 2 aromatic rings. The van der Waals surface area contributed by atoms with Crippen LogP contribution in [0.2, 0.25) is 0 Å². The monoisotopic (exact) mass is 395 g/mol. The van der Waals surface area contributed by atoms with Crippen molar-refractivity contribution in [2.45, 2.75) is 45.3 Å². The van der Waals surface area contributed by atoms with Crippen LogP contribution < -0.4 is 21.1 Å². The number of rotatable bonds is 7. The largest absolute Gasteiger partial charge is 0.480 e. The molecule has 29 heavy (non-hydrogen) atoms. The predicted molar refractivity (Wildman–Crippen MR) is 114 cm³/mol. The van der Waals surface area contributed by atoms with Gasteiger partial charge in [0.2, 0.25) is 0 Å². The van der Waals surface area contributed by atoms with Gasteiger partial charge in [-0.15, -0.1) is 0 Å². The molecule has 3 rings (SSSR count). The summed E-state index contributed by atoms with van der Waals surface area (Å²) in [5.41, 5.74) is 7.47. The van der Waals surface area contributed by atoms with E-state index in [1.54, 1.807) is 24.3 Å². The average Bonchev–Trinajstić information content (AvgIpc) is 3.12. The Kier molecular flexibility index (Phi) is 6.23. The molecule has 2 atom stereocenters. The van der Waals surface area contributed by atoms with Gasteiger partial charge in [-0.2, -0.15) is 0 Å². The van der Waals surface area contributed by atoms with E-state index in [2.05, 4.69) is 24.5 Å². The molecule has 0 spiro atoms. The van der Waals surface area contributed by atoms with E-state index in [4.69, 9.17) is 10.5 Å². The molecule has 6 nitrogen and oxygen atoms in total. The lowest BCUT2D eigenvalue weighted by atomic mass is 9.90. The Hall–Kier alpha value is -2.86. The van der Waals surface area contributed by atoms with E-state index in [0.29, 0.717) is 30.1 Å². The fraction of sp³-hybridized carbons (Fsp3) is 0.391. The zero-order valence-corrected chi connectivity index (χ0v) is 17.2. The topological polar surface area (TPSA) is 93.5 Å². The van der Waals surface area contributed by atoms with E-state index < -0.39 is 11.6 Å². The summed E-state index contributed by atoms with van der Waals surface area (Å²) in [5.74, 6) is 0.710. The third-order valence-electron chi connectivity index (χ3n) is 5.06. The van der Waals surface area contributed by atoms with Crippen LogP contribution in [0.3, 0.4) is 0 Å². The average molecular weight is 396 g/mol. The van der Waals surface area contributed by atoms with E-state index >= 15 is 0 Å². The van der Waals surface area contributed by atoms with Crippen molar-refractivity contribution in [3.8, 4) is 5.75 Å². The lowest BCUT2D eigenvalue weighted by molar-refractivity contribution is -0.122. The number of ether oxygens (including phenoxy) is 1. The number of anilines is 1. The van der Waals surface area contributed by atoms with E-state index in [9.17, 15) is 9.59 Å². The minimum Gasteiger partial charge on any atom is -0.480 e. The number of nitrogens with two attached hydrogens (primary N) is 1. The summed E-state index contributed by atoms with van der Waals surface area (Å²) >= 11 is 0. The molecule has 1 aliphatic rings. The summed E-state index contributed by atoms with van der Waals surface area (Å²) in [4.78, 5) is 25.3. The quantitative estimate of drug-likeness (QED) is 0.671. The van der Waals surface area contributed by atoms with Crippen molar-refractivity contribution < 1.29 is 14.3 Å². The first-order valence-electron chi connectivity index (χ1n) is 9.98. The lowest BCUT2D eigenvalue weighted by Crippen LogP contribution is -2.52. The van der Waals surface area contributed by atoms with Gasteiger partial charge in [-0.3, -0.25) is 9.59 Å². The molecule has 0 saturated heterocycles. The SMILES string of the molecule is CC(C)CC(C)(CN)NC(=O)c1cccc(NC(=O)C2Cc3ccccc3O2)c1. The second-order valence-electron chi connectivity index (χ2n) is 8.31.